The first-order valence-corrected chi connectivity index (χ1v) is 9.33. The molecular weight excluding hydrogens is 330 g/mol. The number of carbonyl (C=O) groups is 1. The molecule has 0 amide bonds. The smallest absolute Gasteiger partial charge is 0.343 e. The number of nitrogens with one attached hydrogen (secondary N) is 1. The second-order valence-corrected chi connectivity index (χ2v) is 7.31. The predicted molar refractivity (Wildman–Crippen MR) is 104 cm³/mol. The topological polar surface area (TPSA) is 54.0 Å². The Morgan fingerprint density at radius 1 is 1.19 bits per heavy atom. The van der Waals surface area contributed by atoms with Crippen molar-refractivity contribution in [2.75, 3.05) is 53.5 Å². The van der Waals surface area contributed by atoms with Crippen LogP contribution in [0.5, 0.6) is 5.75 Å². The van der Waals surface area contributed by atoms with Gasteiger partial charge < -0.3 is 19.7 Å². The van der Waals surface area contributed by atoms with Gasteiger partial charge in [0, 0.05) is 45.3 Å². The van der Waals surface area contributed by atoms with E-state index in [2.05, 4.69) is 46.0 Å². The number of carbonyl (C=O) groups excluding carboxylic acids is 1. The quantitative estimate of drug-likeness (QED) is 0.708. The van der Waals surface area contributed by atoms with Gasteiger partial charge in [0.2, 0.25) is 0 Å². The van der Waals surface area contributed by atoms with Gasteiger partial charge >= 0.3 is 5.97 Å². The number of esters is 1. The molecule has 0 spiro atoms. The Balaban J connectivity index is 1.84. The van der Waals surface area contributed by atoms with Gasteiger partial charge in [-0.2, -0.15) is 0 Å². The Morgan fingerprint density at radius 3 is 2.38 bits per heavy atom. The minimum absolute atomic E-state index is 0.0577. The van der Waals surface area contributed by atoms with Gasteiger partial charge in [-0.1, -0.05) is 12.1 Å². The number of piperazine rings is 1. The number of hydrogen-bond donors (Lipinski definition) is 1. The Hall–Kier alpha value is -1.63. The van der Waals surface area contributed by atoms with E-state index in [1.54, 1.807) is 0 Å². The van der Waals surface area contributed by atoms with Crippen LogP contribution in [0.25, 0.3) is 0 Å². The molecule has 0 bridgehead atoms. The average Bonchev–Trinajstić information content (AvgIpc) is 2.61. The minimum Gasteiger partial charge on any atom is -0.481 e. The maximum absolute atomic E-state index is 11.3. The van der Waals surface area contributed by atoms with E-state index in [-0.39, 0.29) is 12.6 Å². The number of rotatable bonds is 8. The van der Waals surface area contributed by atoms with Crippen molar-refractivity contribution in [3.63, 3.8) is 0 Å². The molecule has 1 atom stereocenters. The summed E-state index contributed by atoms with van der Waals surface area (Å²) in [6, 6.07) is 4.68. The van der Waals surface area contributed by atoms with Crippen LogP contribution in [0, 0.1) is 13.8 Å². The van der Waals surface area contributed by atoms with E-state index in [9.17, 15) is 4.79 Å². The molecule has 26 heavy (non-hydrogen) atoms. The highest BCUT2D eigenvalue weighted by atomic mass is 16.6. The molecule has 1 heterocycles. The van der Waals surface area contributed by atoms with Gasteiger partial charge in [-0.05, 0) is 44.5 Å². The number of methoxy groups -OCH3 is 1. The number of nitrogens with zero attached hydrogens (tertiary/aromatic N) is 2. The third-order valence-corrected chi connectivity index (χ3v) is 4.86. The number of likely N-dealkylation sites (N-methyl/N-ethyl adjacent to an activating group) is 1. The van der Waals surface area contributed by atoms with Crippen LogP contribution in [0.1, 0.15) is 23.6 Å². The van der Waals surface area contributed by atoms with E-state index in [1.165, 1.54) is 12.7 Å². The molecule has 1 aromatic rings. The van der Waals surface area contributed by atoms with Crippen LogP contribution in [-0.2, 0) is 16.1 Å². The van der Waals surface area contributed by atoms with Crippen LogP contribution in [0.4, 0.5) is 0 Å². The summed E-state index contributed by atoms with van der Waals surface area (Å²) < 4.78 is 10.2. The van der Waals surface area contributed by atoms with Crippen molar-refractivity contribution in [1.29, 1.82) is 0 Å². The molecule has 0 aliphatic carbocycles. The third kappa shape index (κ3) is 6.27. The summed E-state index contributed by atoms with van der Waals surface area (Å²) in [4.78, 5) is 16.2. The molecule has 1 aliphatic heterocycles. The summed E-state index contributed by atoms with van der Waals surface area (Å²) in [6.45, 7) is 12.7. The molecule has 1 aliphatic rings. The molecular formula is C20H33N3O3. The van der Waals surface area contributed by atoms with E-state index in [0.29, 0.717) is 6.04 Å². The molecule has 6 heteroatoms. The van der Waals surface area contributed by atoms with Gasteiger partial charge in [0.15, 0.2) is 6.61 Å². The van der Waals surface area contributed by atoms with E-state index >= 15 is 0 Å². The molecule has 0 aromatic heterocycles. The number of aryl methyl sites for hydroxylation is 2. The molecule has 0 radical (unpaired) electrons. The van der Waals surface area contributed by atoms with Crippen molar-refractivity contribution < 1.29 is 14.3 Å². The second-order valence-electron chi connectivity index (χ2n) is 7.31. The lowest BCUT2D eigenvalue weighted by Gasteiger charge is -2.34. The molecule has 1 fully saturated rings. The van der Waals surface area contributed by atoms with Gasteiger partial charge in [-0.3, -0.25) is 4.90 Å². The zero-order chi connectivity index (χ0) is 19.1. The van der Waals surface area contributed by atoms with Crippen molar-refractivity contribution in [2.45, 2.75) is 33.4 Å². The van der Waals surface area contributed by atoms with Crippen LogP contribution >= 0.6 is 0 Å². The third-order valence-electron chi connectivity index (χ3n) is 4.86. The fourth-order valence-electron chi connectivity index (χ4n) is 3.33. The molecule has 2 rings (SSSR count). The lowest BCUT2D eigenvalue weighted by atomic mass is 10.1. The lowest BCUT2D eigenvalue weighted by molar-refractivity contribution is -0.142. The van der Waals surface area contributed by atoms with Crippen molar-refractivity contribution >= 4 is 5.97 Å². The maximum Gasteiger partial charge on any atom is 0.343 e. The number of ether oxygens (including phenoxy) is 2. The summed E-state index contributed by atoms with van der Waals surface area (Å²) >= 11 is 0. The number of hydrogen-bond acceptors (Lipinski definition) is 6. The average molecular weight is 364 g/mol. The van der Waals surface area contributed by atoms with Gasteiger partial charge in [-0.15, -0.1) is 0 Å². The van der Waals surface area contributed by atoms with Crippen molar-refractivity contribution in [3.8, 4) is 5.75 Å². The van der Waals surface area contributed by atoms with Crippen LogP contribution in [0.3, 0.4) is 0 Å². The molecule has 1 aromatic carbocycles. The van der Waals surface area contributed by atoms with Gasteiger partial charge in [0.05, 0.1) is 7.11 Å². The van der Waals surface area contributed by atoms with Crippen LogP contribution in [0.2, 0.25) is 0 Å². The summed E-state index contributed by atoms with van der Waals surface area (Å²) in [7, 11) is 3.55. The highest BCUT2D eigenvalue weighted by molar-refractivity contribution is 5.71. The van der Waals surface area contributed by atoms with Gasteiger partial charge in [0.25, 0.3) is 0 Å². The monoisotopic (exact) mass is 363 g/mol. The lowest BCUT2D eigenvalue weighted by Crippen LogP contribution is -2.48. The van der Waals surface area contributed by atoms with E-state index in [4.69, 9.17) is 4.74 Å². The second kappa shape index (κ2) is 9.90. The Labute approximate surface area is 157 Å². The fourth-order valence-corrected chi connectivity index (χ4v) is 3.33. The van der Waals surface area contributed by atoms with Crippen molar-refractivity contribution in [2.24, 2.45) is 0 Å². The fraction of sp³-hybridized carbons (Fsp3) is 0.650. The summed E-state index contributed by atoms with van der Waals surface area (Å²) in [5.74, 6) is 0.400. The van der Waals surface area contributed by atoms with Crippen molar-refractivity contribution in [3.05, 3.63) is 28.8 Å². The Kier molecular flexibility index (Phi) is 7.87. The van der Waals surface area contributed by atoms with Crippen molar-refractivity contribution in [1.82, 2.24) is 15.1 Å². The van der Waals surface area contributed by atoms with E-state index < -0.39 is 0 Å². The molecule has 1 saturated heterocycles. The molecule has 1 unspecified atom stereocenters. The largest absolute Gasteiger partial charge is 0.481 e. The summed E-state index contributed by atoms with van der Waals surface area (Å²) in [5.41, 5.74) is 3.31. The van der Waals surface area contributed by atoms with E-state index in [1.807, 2.05) is 13.8 Å². The Morgan fingerprint density at radius 2 is 1.81 bits per heavy atom. The summed E-state index contributed by atoms with van der Waals surface area (Å²) in [6.07, 6.45) is 0. The number of benzene rings is 1. The first-order chi connectivity index (χ1) is 12.4. The first kappa shape index (κ1) is 20.7. The van der Waals surface area contributed by atoms with E-state index in [0.717, 1.165) is 56.1 Å². The van der Waals surface area contributed by atoms with Crippen LogP contribution in [0.15, 0.2) is 12.1 Å². The minimum atomic E-state index is -0.368. The highest BCUT2D eigenvalue weighted by Gasteiger charge is 2.16. The zero-order valence-electron chi connectivity index (χ0n) is 16.8. The van der Waals surface area contributed by atoms with Gasteiger partial charge in [0.1, 0.15) is 5.75 Å². The molecule has 1 N–H and O–H groups in total. The van der Waals surface area contributed by atoms with Crippen LogP contribution in [-0.4, -0.2) is 75.3 Å². The van der Waals surface area contributed by atoms with Gasteiger partial charge in [-0.25, -0.2) is 4.79 Å². The standard InChI is InChI=1S/C20H33N3O3/c1-15-10-18(11-16(2)20(15)26-14-19(24)25-5)12-21-17(3)13-23-8-6-22(4)7-9-23/h10-11,17,21H,6-9,12-14H2,1-5H3. The van der Waals surface area contributed by atoms with Crippen LogP contribution < -0.4 is 10.1 Å². The Bertz CT molecular complexity index is 575. The predicted octanol–water partition coefficient (Wildman–Crippen LogP) is 1.58. The zero-order valence-corrected chi connectivity index (χ0v) is 16.8. The molecule has 6 nitrogen and oxygen atoms in total. The SMILES string of the molecule is COC(=O)COc1c(C)cc(CNC(C)CN2CCN(C)CC2)cc1C. The molecule has 0 saturated carbocycles. The first-order valence-electron chi connectivity index (χ1n) is 9.33. The maximum atomic E-state index is 11.3. The highest BCUT2D eigenvalue weighted by Crippen LogP contribution is 2.25. The summed E-state index contributed by atoms with van der Waals surface area (Å²) in [5, 5.41) is 3.62. The normalized spacial score (nSPS) is 17.1. The molecule has 146 valence electrons.